The van der Waals surface area contributed by atoms with Gasteiger partial charge < -0.3 is 15.1 Å². The van der Waals surface area contributed by atoms with Crippen molar-refractivity contribution in [2.75, 3.05) is 32.8 Å². The maximum Gasteiger partial charge on any atom is 0.0851 e. The zero-order valence-electron chi connectivity index (χ0n) is 18.2. The van der Waals surface area contributed by atoms with Crippen LogP contribution in [0.15, 0.2) is 4.99 Å². The average Bonchev–Trinajstić information content (AvgIpc) is 3.21. The van der Waals surface area contributed by atoms with Crippen LogP contribution in [-0.2, 0) is 0 Å². The highest BCUT2D eigenvalue weighted by atomic mass is 16.3. The number of rotatable bonds is 18. The van der Waals surface area contributed by atoms with Crippen LogP contribution in [0.4, 0.5) is 0 Å². The molecule has 0 radical (unpaired) electrons. The Morgan fingerprint density at radius 3 is 1.41 bits per heavy atom. The minimum atomic E-state index is -0.125. The summed E-state index contributed by atoms with van der Waals surface area (Å²) in [4.78, 5) is 6.62. The van der Waals surface area contributed by atoms with Gasteiger partial charge in [0.2, 0.25) is 0 Å². The Labute approximate surface area is 169 Å². The van der Waals surface area contributed by atoms with E-state index < -0.39 is 0 Å². The van der Waals surface area contributed by atoms with Crippen molar-refractivity contribution in [1.82, 2.24) is 4.90 Å². The summed E-state index contributed by atoms with van der Waals surface area (Å²) in [5.41, 5.74) is 0. The molecule has 0 amide bonds. The normalized spacial score (nSPS) is 13.1. The highest BCUT2D eigenvalue weighted by molar-refractivity contribution is 5.56. The fourth-order valence-electron chi connectivity index (χ4n) is 3.45. The quantitative estimate of drug-likeness (QED) is 0.304. The van der Waals surface area contributed by atoms with Crippen molar-refractivity contribution in [3.63, 3.8) is 0 Å². The molecule has 0 aromatic carbocycles. The maximum atomic E-state index is 7.62. The average molecular weight is 385 g/mol. The first-order chi connectivity index (χ1) is 13.3. The largest absolute Gasteiger partial charge is 0.394 e. The van der Waals surface area contributed by atoms with Crippen molar-refractivity contribution in [3.8, 4) is 0 Å². The van der Waals surface area contributed by atoms with Gasteiger partial charge in [0.1, 0.15) is 0 Å². The SMILES string of the molecule is CCCCCCCCCCCCCCCCCCN1C=NCC1.OCCO. The Kier molecular flexibility index (Phi) is 22.9. The van der Waals surface area contributed by atoms with E-state index in [1.165, 1.54) is 109 Å². The predicted molar refractivity (Wildman–Crippen MR) is 119 cm³/mol. The number of hydrogen-bond donors (Lipinski definition) is 2. The van der Waals surface area contributed by atoms with Crippen LogP contribution in [0, 0.1) is 0 Å². The molecule has 0 aromatic heterocycles. The molecule has 1 rings (SSSR count). The van der Waals surface area contributed by atoms with Gasteiger partial charge in [-0.3, -0.25) is 4.99 Å². The molecule has 162 valence electrons. The summed E-state index contributed by atoms with van der Waals surface area (Å²) in [6.07, 6.45) is 25.2. The lowest BCUT2D eigenvalue weighted by molar-refractivity contribution is 0.186. The van der Waals surface area contributed by atoms with Crippen LogP contribution in [-0.4, -0.2) is 54.3 Å². The Balaban J connectivity index is 0.00000153. The van der Waals surface area contributed by atoms with E-state index in [4.69, 9.17) is 10.2 Å². The molecule has 0 fully saturated rings. The van der Waals surface area contributed by atoms with Crippen molar-refractivity contribution in [2.45, 2.75) is 110 Å². The van der Waals surface area contributed by atoms with Crippen molar-refractivity contribution in [1.29, 1.82) is 0 Å². The molecule has 1 aliphatic heterocycles. The van der Waals surface area contributed by atoms with E-state index >= 15 is 0 Å². The number of aliphatic imine (C=N–C) groups is 1. The second kappa shape index (κ2) is 23.4. The summed E-state index contributed by atoms with van der Waals surface area (Å²) in [7, 11) is 0. The van der Waals surface area contributed by atoms with Gasteiger partial charge in [-0.25, -0.2) is 0 Å². The third kappa shape index (κ3) is 21.5. The Bertz CT molecular complexity index is 296. The Hall–Kier alpha value is -0.610. The number of hydrogen-bond acceptors (Lipinski definition) is 4. The summed E-state index contributed by atoms with van der Waals surface area (Å²) in [5.74, 6) is 0. The van der Waals surface area contributed by atoms with E-state index in [-0.39, 0.29) is 13.2 Å². The molecule has 4 nitrogen and oxygen atoms in total. The van der Waals surface area contributed by atoms with Crippen molar-refractivity contribution in [2.24, 2.45) is 4.99 Å². The van der Waals surface area contributed by atoms with Crippen LogP contribution in [0.25, 0.3) is 0 Å². The molecule has 0 bridgehead atoms. The van der Waals surface area contributed by atoms with Gasteiger partial charge in [0.05, 0.1) is 26.1 Å². The molecule has 27 heavy (non-hydrogen) atoms. The molecule has 0 saturated heterocycles. The van der Waals surface area contributed by atoms with E-state index in [1.807, 2.05) is 6.34 Å². The number of aliphatic hydroxyl groups excluding tert-OH is 2. The molecular weight excluding hydrogens is 336 g/mol. The van der Waals surface area contributed by atoms with Crippen molar-refractivity contribution in [3.05, 3.63) is 0 Å². The summed E-state index contributed by atoms with van der Waals surface area (Å²) < 4.78 is 0. The van der Waals surface area contributed by atoms with Crippen LogP contribution in [0.5, 0.6) is 0 Å². The zero-order valence-corrected chi connectivity index (χ0v) is 18.2. The lowest BCUT2D eigenvalue weighted by Gasteiger charge is -2.12. The van der Waals surface area contributed by atoms with Crippen LogP contribution >= 0.6 is 0 Å². The summed E-state index contributed by atoms with van der Waals surface area (Å²) in [5, 5.41) is 15.2. The first kappa shape index (κ1) is 26.4. The van der Waals surface area contributed by atoms with Crippen molar-refractivity contribution < 1.29 is 10.2 Å². The van der Waals surface area contributed by atoms with Crippen molar-refractivity contribution >= 4 is 6.34 Å². The molecule has 0 atom stereocenters. The standard InChI is InChI=1S/C21H42N2.C2H6O2/c1-2-3-4-5-6-7-8-9-10-11-12-13-14-15-16-17-19-23-20-18-22-21-23;3-1-2-4/h21H,2-20H2,1H3;3-4H,1-2H2. The van der Waals surface area contributed by atoms with Gasteiger partial charge in [-0.15, -0.1) is 0 Å². The molecule has 1 heterocycles. The monoisotopic (exact) mass is 384 g/mol. The molecule has 0 saturated carbocycles. The van der Waals surface area contributed by atoms with E-state index in [0.29, 0.717) is 0 Å². The van der Waals surface area contributed by atoms with Gasteiger partial charge in [0.25, 0.3) is 0 Å². The summed E-state index contributed by atoms with van der Waals surface area (Å²) >= 11 is 0. The Morgan fingerprint density at radius 2 is 1.07 bits per heavy atom. The predicted octanol–water partition coefficient (Wildman–Crippen LogP) is 5.56. The second-order valence-corrected chi connectivity index (χ2v) is 7.81. The Morgan fingerprint density at radius 1 is 0.667 bits per heavy atom. The zero-order chi connectivity index (χ0) is 19.8. The number of aliphatic hydroxyl groups is 2. The lowest BCUT2D eigenvalue weighted by Crippen LogP contribution is -2.20. The summed E-state index contributed by atoms with van der Waals surface area (Å²) in [6, 6.07) is 0. The summed E-state index contributed by atoms with van der Waals surface area (Å²) in [6.45, 7) is 5.43. The molecule has 0 unspecified atom stereocenters. The van der Waals surface area contributed by atoms with Crippen LogP contribution in [0.2, 0.25) is 0 Å². The highest BCUT2D eigenvalue weighted by Gasteiger charge is 2.03. The van der Waals surface area contributed by atoms with Gasteiger partial charge in [0, 0.05) is 13.1 Å². The van der Waals surface area contributed by atoms with Gasteiger partial charge >= 0.3 is 0 Å². The maximum absolute atomic E-state index is 7.62. The minimum absolute atomic E-state index is 0.125. The smallest absolute Gasteiger partial charge is 0.0851 e. The first-order valence-corrected chi connectivity index (χ1v) is 11.8. The third-order valence-electron chi connectivity index (χ3n) is 5.16. The lowest BCUT2D eigenvalue weighted by atomic mass is 10.0. The van der Waals surface area contributed by atoms with Crippen LogP contribution in [0.1, 0.15) is 110 Å². The van der Waals surface area contributed by atoms with E-state index in [1.54, 1.807) is 0 Å². The third-order valence-corrected chi connectivity index (χ3v) is 5.16. The van der Waals surface area contributed by atoms with Gasteiger partial charge in [0.15, 0.2) is 0 Å². The molecule has 0 spiro atoms. The van der Waals surface area contributed by atoms with Crippen LogP contribution < -0.4 is 0 Å². The second-order valence-electron chi connectivity index (χ2n) is 7.81. The molecule has 2 N–H and O–H groups in total. The topological polar surface area (TPSA) is 56.1 Å². The number of unbranched alkanes of at least 4 members (excludes halogenated alkanes) is 15. The fraction of sp³-hybridized carbons (Fsp3) is 0.957. The van der Waals surface area contributed by atoms with Gasteiger partial charge in [-0.05, 0) is 6.42 Å². The van der Waals surface area contributed by atoms with Gasteiger partial charge in [-0.2, -0.15) is 0 Å². The molecule has 0 aromatic rings. The number of nitrogens with zero attached hydrogens (tertiary/aromatic N) is 2. The van der Waals surface area contributed by atoms with Gasteiger partial charge in [-0.1, -0.05) is 103 Å². The molecule has 1 aliphatic rings. The van der Waals surface area contributed by atoms with Crippen LogP contribution in [0.3, 0.4) is 0 Å². The first-order valence-electron chi connectivity index (χ1n) is 11.8. The minimum Gasteiger partial charge on any atom is -0.394 e. The molecule has 0 aliphatic carbocycles. The molecular formula is C23H48N2O2. The molecule has 4 heteroatoms. The highest BCUT2D eigenvalue weighted by Crippen LogP contribution is 2.13. The van der Waals surface area contributed by atoms with E-state index in [9.17, 15) is 0 Å². The van der Waals surface area contributed by atoms with E-state index in [2.05, 4.69) is 16.8 Å². The van der Waals surface area contributed by atoms with E-state index in [0.717, 1.165) is 13.1 Å². The fourth-order valence-corrected chi connectivity index (χ4v) is 3.45.